The number of carbonyl (C=O) groups is 2. The maximum absolute atomic E-state index is 12.4. The van der Waals surface area contributed by atoms with E-state index >= 15 is 0 Å². The number of phenolic OH excluding ortho intramolecular Hbond substituents is 4. The van der Waals surface area contributed by atoms with Crippen LogP contribution in [0.2, 0.25) is 0 Å². The Balaban J connectivity index is 2.41. The molecule has 0 heterocycles. The van der Waals surface area contributed by atoms with E-state index in [4.69, 9.17) is 0 Å². The molecule has 4 N–H and O–H groups in total. The van der Waals surface area contributed by atoms with Gasteiger partial charge in [-0.25, -0.2) is 0 Å². The first-order valence-electron chi connectivity index (χ1n) is 6.03. The molecular formula is C15H10O6. The Morgan fingerprint density at radius 1 is 0.762 bits per heavy atom. The van der Waals surface area contributed by atoms with E-state index in [0.29, 0.717) is 0 Å². The van der Waals surface area contributed by atoms with Crippen LogP contribution in [0.25, 0.3) is 0 Å². The van der Waals surface area contributed by atoms with Gasteiger partial charge in [0, 0.05) is 22.8 Å². The summed E-state index contributed by atoms with van der Waals surface area (Å²) in [7, 11) is 0. The van der Waals surface area contributed by atoms with Crippen molar-refractivity contribution in [1.29, 1.82) is 0 Å². The molecule has 0 bridgehead atoms. The normalized spacial score (nSPS) is 13.0. The number of ketones is 2. The summed E-state index contributed by atoms with van der Waals surface area (Å²) < 4.78 is 0. The van der Waals surface area contributed by atoms with Crippen LogP contribution in [0, 0.1) is 6.92 Å². The van der Waals surface area contributed by atoms with E-state index in [2.05, 4.69) is 0 Å². The Kier molecular flexibility index (Phi) is 2.47. The molecule has 1 aliphatic rings. The van der Waals surface area contributed by atoms with Crippen LogP contribution < -0.4 is 0 Å². The van der Waals surface area contributed by atoms with Crippen molar-refractivity contribution >= 4 is 11.6 Å². The minimum Gasteiger partial charge on any atom is -0.508 e. The molecule has 1 aliphatic carbocycles. The molecule has 0 saturated carbocycles. The summed E-state index contributed by atoms with van der Waals surface area (Å²) in [6, 6.07) is 3.09. The van der Waals surface area contributed by atoms with Gasteiger partial charge in [0.25, 0.3) is 0 Å². The molecule has 0 saturated heterocycles. The van der Waals surface area contributed by atoms with Gasteiger partial charge in [-0.3, -0.25) is 9.59 Å². The van der Waals surface area contributed by atoms with E-state index in [1.165, 1.54) is 6.92 Å². The topological polar surface area (TPSA) is 115 Å². The van der Waals surface area contributed by atoms with Gasteiger partial charge in [-0.15, -0.1) is 0 Å². The van der Waals surface area contributed by atoms with Crippen LogP contribution in [-0.2, 0) is 0 Å². The smallest absolute Gasteiger partial charge is 0.198 e. The summed E-state index contributed by atoms with van der Waals surface area (Å²) in [4.78, 5) is 24.8. The molecule has 0 aliphatic heterocycles. The molecule has 6 nitrogen and oxygen atoms in total. The number of carbonyl (C=O) groups excluding carboxylic acids is 2. The van der Waals surface area contributed by atoms with Crippen LogP contribution in [0.4, 0.5) is 0 Å². The summed E-state index contributed by atoms with van der Waals surface area (Å²) in [6.45, 7) is 1.40. The van der Waals surface area contributed by atoms with Crippen molar-refractivity contribution in [2.45, 2.75) is 6.92 Å². The molecule has 2 aromatic carbocycles. The van der Waals surface area contributed by atoms with Crippen molar-refractivity contribution in [3.05, 3.63) is 46.0 Å². The molecule has 2 aromatic rings. The third kappa shape index (κ3) is 1.59. The van der Waals surface area contributed by atoms with Crippen LogP contribution in [0.15, 0.2) is 18.2 Å². The third-order valence-electron chi connectivity index (χ3n) is 3.57. The summed E-state index contributed by atoms with van der Waals surface area (Å²) in [5.74, 6) is -3.13. The lowest BCUT2D eigenvalue weighted by Gasteiger charge is -2.20. The summed E-state index contributed by atoms with van der Waals surface area (Å²) in [6.07, 6.45) is 0. The van der Waals surface area contributed by atoms with E-state index in [9.17, 15) is 30.0 Å². The Morgan fingerprint density at radius 2 is 1.33 bits per heavy atom. The van der Waals surface area contributed by atoms with Gasteiger partial charge in [-0.05, 0) is 19.1 Å². The van der Waals surface area contributed by atoms with Gasteiger partial charge in [0.05, 0.1) is 11.1 Å². The van der Waals surface area contributed by atoms with Gasteiger partial charge >= 0.3 is 0 Å². The van der Waals surface area contributed by atoms with Crippen LogP contribution in [0.5, 0.6) is 23.0 Å². The lowest BCUT2D eigenvalue weighted by molar-refractivity contribution is 0.0973. The van der Waals surface area contributed by atoms with Crippen molar-refractivity contribution in [3.63, 3.8) is 0 Å². The first-order chi connectivity index (χ1) is 9.82. The highest BCUT2D eigenvalue weighted by Gasteiger charge is 2.36. The Bertz CT molecular complexity index is 835. The zero-order valence-electron chi connectivity index (χ0n) is 10.8. The second kappa shape index (κ2) is 3.99. The zero-order valence-corrected chi connectivity index (χ0v) is 10.8. The number of fused-ring (bicyclic) bond motifs is 2. The molecule has 6 heteroatoms. The fraction of sp³-hybridized carbons (Fsp3) is 0.0667. The molecule has 106 valence electrons. The molecule has 0 radical (unpaired) electrons. The second-order valence-electron chi connectivity index (χ2n) is 4.84. The molecule has 0 spiro atoms. The maximum Gasteiger partial charge on any atom is 0.198 e. The molecular weight excluding hydrogens is 276 g/mol. The van der Waals surface area contributed by atoms with Crippen molar-refractivity contribution in [2.75, 3.05) is 0 Å². The quantitative estimate of drug-likeness (QED) is 0.499. The van der Waals surface area contributed by atoms with E-state index in [-0.39, 0.29) is 39.3 Å². The molecule has 0 atom stereocenters. The molecule has 0 unspecified atom stereocenters. The lowest BCUT2D eigenvalue weighted by atomic mass is 9.82. The molecule has 0 fully saturated rings. The molecule has 0 amide bonds. The van der Waals surface area contributed by atoms with E-state index in [1.54, 1.807) is 0 Å². The predicted octanol–water partition coefficient (Wildman–Crippen LogP) is 1.59. The van der Waals surface area contributed by atoms with Gasteiger partial charge in [0.1, 0.15) is 23.0 Å². The van der Waals surface area contributed by atoms with Crippen LogP contribution in [0.3, 0.4) is 0 Å². The number of hydrogen-bond donors (Lipinski definition) is 4. The Hall–Kier alpha value is -3.02. The van der Waals surface area contributed by atoms with Crippen LogP contribution in [-0.4, -0.2) is 32.0 Å². The highest BCUT2D eigenvalue weighted by atomic mass is 16.3. The van der Waals surface area contributed by atoms with E-state index in [0.717, 1.165) is 18.2 Å². The average Bonchev–Trinajstić information content (AvgIpc) is 2.41. The zero-order chi connectivity index (χ0) is 15.5. The standard InChI is InChI=1S/C15H10O6/c1-5-9(17)4-8-12(13(5)19)15(21)7-2-6(16)3-10(18)11(7)14(8)20/h2-4,16-19H,1H3. The van der Waals surface area contributed by atoms with Crippen molar-refractivity contribution in [3.8, 4) is 23.0 Å². The van der Waals surface area contributed by atoms with Gasteiger partial charge in [-0.1, -0.05) is 0 Å². The number of phenols is 4. The van der Waals surface area contributed by atoms with Gasteiger partial charge < -0.3 is 20.4 Å². The molecule has 3 rings (SSSR count). The summed E-state index contributed by atoms with van der Waals surface area (Å²) in [5.41, 5.74) is -0.803. The monoisotopic (exact) mass is 286 g/mol. The van der Waals surface area contributed by atoms with Crippen molar-refractivity contribution in [1.82, 2.24) is 0 Å². The lowest BCUT2D eigenvalue weighted by Crippen LogP contribution is -2.21. The SMILES string of the molecule is Cc1c(O)cc2c(c1O)C(=O)c1cc(O)cc(O)c1C2=O. The fourth-order valence-corrected chi connectivity index (χ4v) is 2.46. The minimum absolute atomic E-state index is 0.0720. The first kappa shape index (κ1) is 13.0. The maximum atomic E-state index is 12.4. The van der Waals surface area contributed by atoms with E-state index in [1.807, 2.05) is 0 Å². The Labute approximate surface area is 118 Å². The number of rotatable bonds is 0. The largest absolute Gasteiger partial charge is 0.508 e. The van der Waals surface area contributed by atoms with E-state index < -0.39 is 23.1 Å². The second-order valence-corrected chi connectivity index (χ2v) is 4.84. The highest BCUT2D eigenvalue weighted by molar-refractivity contribution is 6.30. The number of benzene rings is 2. The molecule has 21 heavy (non-hydrogen) atoms. The third-order valence-corrected chi connectivity index (χ3v) is 3.57. The minimum atomic E-state index is -0.706. The van der Waals surface area contributed by atoms with Gasteiger partial charge in [-0.2, -0.15) is 0 Å². The van der Waals surface area contributed by atoms with Gasteiger partial charge in [0.2, 0.25) is 0 Å². The number of hydrogen-bond acceptors (Lipinski definition) is 6. The van der Waals surface area contributed by atoms with Crippen molar-refractivity contribution in [2.24, 2.45) is 0 Å². The summed E-state index contributed by atoms with van der Waals surface area (Å²) >= 11 is 0. The Morgan fingerprint density at radius 3 is 2.00 bits per heavy atom. The fourth-order valence-electron chi connectivity index (χ4n) is 2.46. The first-order valence-corrected chi connectivity index (χ1v) is 6.03. The predicted molar refractivity (Wildman–Crippen MR) is 71.1 cm³/mol. The molecule has 0 aromatic heterocycles. The van der Waals surface area contributed by atoms with Gasteiger partial charge in [0.15, 0.2) is 11.6 Å². The average molecular weight is 286 g/mol. The van der Waals surface area contributed by atoms with Crippen LogP contribution >= 0.6 is 0 Å². The number of aromatic hydroxyl groups is 4. The van der Waals surface area contributed by atoms with Crippen molar-refractivity contribution < 1.29 is 30.0 Å². The summed E-state index contributed by atoms with van der Waals surface area (Å²) in [5, 5.41) is 39.0. The highest BCUT2D eigenvalue weighted by Crippen LogP contribution is 2.41. The van der Waals surface area contributed by atoms with Crippen LogP contribution in [0.1, 0.15) is 37.4 Å².